The first kappa shape index (κ1) is 12.2. The van der Waals surface area contributed by atoms with Gasteiger partial charge in [-0.1, -0.05) is 0 Å². The molecule has 0 aromatic carbocycles. The van der Waals surface area contributed by atoms with Crippen molar-refractivity contribution in [3.8, 4) is 0 Å². The van der Waals surface area contributed by atoms with Gasteiger partial charge < -0.3 is 10.2 Å². The molecule has 1 atom stereocenters. The smallest absolute Gasteiger partial charge is 0.223 e. The molecule has 1 unspecified atom stereocenters. The number of rotatable bonds is 5. The normalized spacial score (nSPS) is 23.2. The van der Waals surface area contributed by atoms with Gasteiger partial charge in [-0.25, -0.2) is 0 Å². The summed E-state index contributed by atoms with van der Waals surface area (Å²) in [6, 6.07) is 2.65. The third-order valence-corrected chi connectivity index (χ3v) is 4.60. The van der Waals surface area contributed by atoms with Crippen molar-refractivity contribution in [2.24, 2.45) is 5.92 Å². The topological polar surface area (TPSA) is 32.3 Å². The number of hydrogen-bond donors (Lipinski definition) is 1. The molecule has 2 heterocycles. The van der Waals surface area contributed by atoms with Crippen LogP contribution in [0.5, 0.6) is 0 Å². The van der Waals surface area contributed by atoms with Gasteiger partial charge in [0.15, 0.2) is 0 Å². The van der Waals surface area contributed by atoms with E-state index in [9.17, 15) is 4.79 Å². The predicted molar refractivity (Wildman–Crippen MR) is 73.5 cm³/mol. The zero-order valence-corrected chi connectivity index (χ0v) is 11.4. The lowest BCUT2D eigenvalue weighted by Crippen LogP contribution is -2.34. The first-order valence-corrected chi connectivity index (χ1v) is 7.78. The van der Waals surface area contributed by atoms with Crippen molar-refractivity contribution in [2.75, 3.05) is 13.1 Å². The van der Waals surface area contributed by atoms with Crippen LogP contribution >= 0.6 is 11.3 Å². The molecule has 1 aromatic rings. The summed E-state index contributed by atoms with van der Waals surface area (Å²) >= 11 is 1.71. The minimum absolute atomic E-state index is 0.359. The van der Waals surface area contributed by atoms with Crippen molar-refractivity contribution in [3.63, 3.8) is 0 Å². The molecule has 4 heteroatoms. The summed E-state index contributed by atoms with van der Waals surface area (Å²) in [5.41, 5.74) is 1.28. The molecule has 0 radical (unpaired) electrons. The van der Waals surface area contributed by atoms with Gasteiger partial charge in [-0.2, -0.15) is 11.3 Å². The maximum Gasteiger partial charge on any atom is 0.223 e. The Morgan fingerprint density at radius 3 is 2.94 bits per heavy atom. The molecule has 3 rings (SSSR count). The van der Waals surface area contributed by atoms with Crippen LogP contribution in [0.25, 0.3) is 0 Å². The molecule has 1 aliphatic carbocycles. The first-order valence-electron chi connectivity index (χ1n) is 6.84. The molecular formula is C14H20N2OS. The number of amides is 1. The molecule has 1 N–H and O–H groups in total. The Bertz CT molecular complexity index is 394. The number of thiophene rings is 1. The van der Waals surface area contributed by atoms with E-state index >= 15 is 0 Å². The average Bonchev–Trinajstić information content (AvgIpc) is 2.87. The highest BCUT2D eigenvalue weighted by Crippen LogP contribution is 2.30. The van der Waals surface area contributed by atoms with E-state index in [-0.39, 0.29) is 0 Å². The zero-order chi connectivity index (χ0) is 12.4. The molecule has 2 fully saturated rings. The van der Waals surface area contributed by atoms with Crippen LogP contribution in [0.3, 0.4) is 0 Å². The van der Waals surface area contributed by atoms with Crippen molar-refractivity contribution < 1.29 is 4.79 Å². The maximum atomic E-state index is 12.4. The van der Waals surface area contributed by atoms with Gasteiger partial charge in [0.25, 0.3) is 0 Å². The Morgan fingerprint density at radius 1 is 1.44 bits per heavy atom. The molecule has 1 saturated heterocycles. The SMILES string of the molecule is O=C(CC1CCNC1)N(Cc1ccsc1)C1CC1. The van der Waals surface area contributed by atoms with Crippen LogP contribution < -0.4 is 5.32 Å². The van der Waals surface area contributed by atoms with Crippen LogP contribution in [0.4, 0.5) is 0 Å². The van der Waals surface area contributed by atoms with E-state index in [4.69, 9.17) is 0 Å². The molecule has 1 aliphatic heterocycles. The van der Waals surface area contributed by atoms with Gasteiger partial charge in [-0.05, 0) is 60.7 Å². The maximum absolute atomic E-state index is 12.4. The second kappa shape index (κ2) is 5.41. The highest BCUT2D eigenvalue weighted by molar-refractivity contribution is 7.07. The Kier molecular flexibility index (Phi) is 3.66. The standard InChI is InChI=1S/C14H20N2OS/c17-14(7-11-3-5-15-8-11)16(13-1-2-13)9-12-4-6-18-10-12/h4,6,10-11,13,15H,1-3,5,7-9H2. The molecule has 0 bridgehead atoms. The van der Waals surface area contributed by atoms with E-state index in [0.717, 1.165) is 32.5 Å². The van der Waals surface area contributed by atoms with Gasteiger partial charge >= 0.3 is 0 Å². The summed E-state index contributed by atoms with van der Waals surface area (Å²) in [6.07, 6.45) is 4.27. The van der Waals surface area contributed by atoms with E-state index in [1.165, 1.54) is 18.4 Å². The van der Waals surface area contributed by atoms with Crippen molar-refractivity contribution in [1.82, 2.24) is 10.2 Å². The fourth-order valence-corrected chi connectivity index (χ4v) is 3.30. The molecule has 1 amide bonds. The van der Waals surface area contributed by atoms with E-state index in [1.807, 2.05) is 0 Å². The number of carbonyl (C=O) groups excluding carboxylic acids is 1. The quantitative estimate of drug-likeness (QED) is 0.884. The molecule has 98 valence electrons. The first-order chi connectivity index (χ1) is 8.83. The summed E-state index contributed by atoms with van der Waals surface area (Å²) < 4.78 is 0. The monoisotopic (exact) mass is 264 g/mol. The van der Waals surface area contributed by atoms with Crippen LogP contribution in [-0.2, 0) is 11.3 Å². The summed E-state index contributed by atoms with van der Waals surface area (Å²) in [5, 5.41) is 7.58. The molecule has 3 nitrogen and oxygen atoms in total. The summed E-state index contributed by atoms with van der Waals surface area (Å²) in [4.78, 5) is 14.5. The Morgan fingerprint density at radius 2 is 2.33 bits per heavy atom. The third kappa shape index (κ3) is 2.93. The van der Waals surface area contributed by atoms with Gasteiger partial charge in [0.2, 0.25) is 5.91 Å². The van der Waals surface area contributed by atoms with E-state index < -0.39 is 0 Å². The van der Waals surface area contributed by atoms with Crippen LogP contribution in [0.2, 0.25) is 0 Å². The third-order valence-electron chi connectivity index (χ3n) is 3.87. The fourth-order valence-electron chi connectivity index (χ4n) is 2.64. The minimum atomic E-state index is 0.359. The van der Waals surface area contributed by atoms with E-state index in [2.05, 4.69) is 27.0 Å². The number of hydrogen-bond acceptors (Lipinski definition) is 3. The van der Waals surface area contributed by atoms with Gasteiger partial charge in [-0.3, -0.25) is 4.79 Å². The van der Waals surface area contributed by atoms with Crippen molar-refractivity contribution in [2.45, 2.75) is 38.3 Å². The summed E-state index contributed by atoms with van der Waals surface area (Å²) in [6.45, 7) is 2.90. The van der Waals surface area contributed by atoms with Crippen molar-refractivity contribution >= 4 is 17.2 Å². The van der Waals surface area contributed by atoms with Crippen LogP contribution in [-0.4, -0.2) is 29.9 Å². The van der Waals surface area contributed by atoms with E-state index in [1.54, 1.807) is 11.3 Å². The molecule has 0 spiro atoms. The molecular weight excluding hydrogens is 244 g/mol. The Labute approximate surface area is 112 Å². The second-order valence-electron chi connectivity index (χ2n) is 5.45. The van der Waals surface area contributed by atoms with Gasteiger partial charge in [0.05, 0.1) is 0 Å². The lowest BCUT2D eigenvalue weighted by molar-refractivity contribution is -0.133. The fraction of sp³-hybridized carbons (Fsp3) is 0.643. The van der Waals surface area contributed by atoms with Gasteiger partial charge in [0.1, 0.15) is 0 Å². The molecule has 18 heavy (non-hydrogen) atoms. The second-order valence-corrected chi connectivity index (χ2v) is 6.23. The lowest BCUT2D eigenvalue weighted by Gasteiger charge is -2.23. The average molecular weight is 264 g/mol. The summed E-state index contributed by atoms with van der Waals surface area (Å²) in [7, 11) is 0. The van der Waals surface area contributed by atoms with E-state index in [0.29, 0.717) is 17.9 Å². The van der Waals surface area contributed by atoms with Crippen LogP contribution in [0.15, 0.2) is 16.8 Å². The van der Waals surface area contributed by atoms with Gasteiger partial charge in [-0.15, -0.1) is 0 Å². The van der Waals surface area contributed by atoms with Gasteiger partial charge in [0, 0.05) is 19.0 Å². The van der Waals surface area contributed by atoms with Crippen LogP contribution in [0.1, 0.15) is 31.2 Å². The van der Waals surface area contributed by atoms with Crippen molar-refractivity contribution in [3.05, 3.63) is 22.4 Å². The number of nitrogens with one attached hydrogen (secondary N) is 1. The van der Waals surface area contributed by atoms with Crippen LogP contribution in [0, 0.1) is 5.92 Å². The molecule has 2 aliphatic rings. The minimum Gasteiger partial charge on any atom is -0.335 e. The predicted octanol–water partition coefficient (Wildman–Crippen LogP) is 2.24. The highest BCUT2D eigenvalue weighted by atomic mass is 32.1. The number of nitrogens with zero attached hydrogens (tertiary/aromatic N) is 1. The Balaban J connectivity index is 1.60. The summed E-state index contributed by atoms with van der Waals surface area (Å²) in [5.74, 6) is 0.915. The van der Waals surface area contributed by atoms with Crippen molar-refractivity contribution in [1.29, 1.82) is 0 Å². The Hall–Kier alpha value is -0.870. The highest BCUT2D eigenvalue weighted by Gasteiger charge is 2.33. The molecule has 1 aromatic heterocycles. The number of carbonyl (C=O) groups is 1. The lowest BCUT2D eigenvalue weighted by atomic mass is 10.0. The largest absolute Gasteiger partial charge is 0.335 e. The molecule has 1 saturated carbocycles. The zero-order valence-electron chi connectivity index (χ0n) is 10.6.